The van der Waals surface area contributed by atoms with Gasteiger partial charge in [-0.1, -0.05) is 51.3 Å². The van der Waals surface area contributed by atoms with Crippen LogP contribution in [0.3, 0.4) is 0 Å². The smallest absolute Gasteiger partial charge is 0.189 e. The van der Waals surface area contributed by atoms with E-state index in [-0.39, 0.29) is 11.6 Å². The summed E-state index contributed by atoms with van der Waals surface area (Å²) in [5.41, 5.74) is 3.72. The van der Waals surface area contributed by atoms with Crippen molar-refractivity contribution in [2.75, 3.05) is 13.2 Å². The summed E-state index contributed by atoms with van der Waals surface area (Å²) in [6, 6.07) is 7.79. The number of hydrogen-bond acceptors (Lipinski definition) is 4. The summed E-state index contributed by atoms with van der Waals surface area (Å²) in [5.74, 6) is 0.708. The molecule has 0 amide bonds. The van der Waals surface area contributed by atoms with Gasteiger partial charge in [0.25, 0.3) is 0 Å². The van der Waals surface area contributed by atoms with Gasteiger partial charge in [0.05, 0.1) is 24.3 Å². The second-order valence-electron chi connectivity index (χ2n) is 7.90. The molecule has 0 radical (unpaired) electrons. The highest BCUT2D eigenvalue weighted by Gasteiger charge is 2.34. The summed E-state index contributed by atoms with van der Waals surface area (Å²) in [4.78, 5) is 25.3. The lowest BCUT2D eigenvalue weighted by molar-refractivity contribution is 0.103. The maximum Gasteiger partial charge on any atom is 0.189 e. The van der Waals surface area contributed by atoms with Crippen molar-refractivity contribution in [3.8, 4) is 11.5 Å². The molecule has 0 atom stereocenters. The van der Waals surface area contributed by atoms with E-state index in [2.05, 4.69) is 13.2 Å². The number of rotatable bonds is 10. The Morgan fingerprint density at radius 1 is 0.806 bits per heavy atom. The van der Waals surface area contributed by atoms with E-state index in [0.717, 1.165) is 22.3 Å². The van der Waals surface area contributed by atoms with Gasteiger partial charge < -0.3 is 9.47 Å². The molecule has 0 bridgehead atoms. The summed E-state index contributed by atoms with van der Waals surface area (Å²) >= 11 is 0. The first-order valence-electron chi connectivity index (χ1n) is 10.5. The van der Waals surface area contributed by atoms with Crippen LogP contribution in [-0.2, 0) is 5.41 Å². The molecule has 164 valence electrons. The quantitative estimate of drug-likeness (QED) is 0.341. The van der Waals surface area contributed by atoms with Crippen LogP contribution in [0.4, 0.5) is 0 Å². The average Bonchev–Trinajstić information content (AvgIpc) is 2.73. The van der Waals surface area contributed by atoms with Gasteiger partial charge in [0.2, 0.25) is 0 Å². The minimum Gasteiger partial charge on any atom is -0.493 e. The van der Waals surface area contributed by atoms with Crippen LogP contribution in [0.25, 0.3) is 0 Å². The van der Waals surface area contributed by atoms with E-state index in [1.54, 1.807) is 0 Å². The predicted molar refractivity (Wildman–Crippen MR) is 126 cm³/mol. The fraction of sp³-hybridized carbons (Fsp3) is 0.333. The lowest BCUT2D eigenvalue weighted by Crippen LogP contribution is -2.24. The number of carbonyl (C=O) groups excluding carboxylic acids is 2. The summed E-state index contributed by atoms with van der Waals surface area (Å²) in [5, 5.41) is 0. The largest absolute Gasteiger partial charge is 0.493 e. The van der Waals surface area contributed by atoms with Gasteiger partial charge in [-0.05, 0) is 51.0 Å². The minimum absolute atomic E-state index is 0.185. The van der Waals surface area contributed by atoms with Gasteiger partial charge in [0.1, 0.15) is 11.5 Å². The molecule has 0 aromatic heterocycles. The predicted octanol–water partition coefficient (Wildman–Crippen LogP) is 6.16. The van der Waals surface area contributed by atoms with E-state index in [1.807, 2.05) is 65.8 Å². The number of carbonyl (C=O) groups is 2. The van der Waals surface area contributed by atoms with Gasteiger partial charge in [0.15, 0.2) is 11.6 Å². The van der Waals surface area contributed by atoms with Crippen molar-refractivity contribution < 1.29 is 19.1 Å². The zero-order valence-corrected chi connectivity index (χ0v) is 19.4. The number of ketones is 2. The Kier molecular flexibility index (Phi) is 7.61. The first-order chi connectivity index (χ1) is 14.6. The molecule has 0 heterocycles. The topological polar surface area (TPSA) is 52.6 Å². The van der Waals surface area contributed by atoms with Crippen LogP contribution in [0.1, 0.15) is 70.7 Å². The lowest BCUT2D eigenvalue weighted by atomic mass is 9.74. The number of aryl methyl sites for hydroxylation is 2. The highest BCUT2D eigenvalue weighted by molar-refractivity contribution is 6.08. The third kappa shape index (κ3) is 4.48. The molecule has 4 nitrogen and oxygen atoms in total. The van der Waals surface area contributed by atoms with Gasteiger partial charge >= 0.3 is 0 Å². The van der Waals surface area contributed by atoms with Crippen molar-refractivity contribution in [3.05, 3.63) is 83.0 Å². The SMILES string of the molecule is C=CC(=O)c1c(C)ccc(C(C)(C)c2ccc(C)c(C(=O)C=C)c2OCC)c1OCC. The summed E-state index contributed by atoms with van der Waals surface area (Å²) in [6.45, 7) is 19.7. The van der Waals surface area contributed by atoms with Crippen LogP contribution in [0.5, 0.6) is 11.5 Å². The van der Waals surface area contributed by atoms with Crippen molar-refractivity contribution in [1.29, 1.82) is 0 Å². The van der Waals surface area contributed by atoms with E-state index < -0.39 is 5.41 Å². The third-order valence-electron chi connectivity index (χ3n) is 5.52. The first kappa shape index (κ1) is 24.1. The Bertz CT molecular complexity index is 947. The highest BCUT2D eigenvalue weighted by Crippen LogP contribution is 2.45. The van der Waals surface area contributed by atoms with Crippen LogP contribution in [-0.4, -0.2) is 24.8 Å². The zero-order valence-electron chi connectivity index (χ0n) is 19.4. The monoisotopic (exact) mass is 420 g/mol. The van der Waals surface area contributed by atoms with Gasteiger partial charge in [-0.2, -0.15) is 0 Å². The van der Waals surface area contributed by atoms with Gasteiger partial charge in [-0.25, -0.2) is 0 Å². The fourth-order valence-electron chi connectivity index (χ4n) is 3.90. The molecule has 2 aromatic rings. The summed E-state index contributed by atoms with van der Waals surface area (Å²) in [6.07, 6.45) is 2.61. The molecule has 0 saturated heterocycles. The second kappa shape index (κ2) is 9.78. The van der Waals surface area contributed by atoms with Crippen molar-refractivity contribution in [2.45, 2.75) is 47.0 Å². The molecule has 0 aliphatic rings. The van der Waals surface area contributed by atoms with E-state index in [4.69, 9.17) is 9.47 Å². The average molecular weight is 421 g/mol. The Balaban J connectivity index is 2.90. The number of hydrogen-bond donors (Lipinski definition) is 0. The van der Waals surface area contributed by atoms with Crippen molar-refractivity contribution >= 4 is 11.6 Å². The minimum atomic E-state index is -0.622. The van der Waals surface area contributed by atoms with Crippen molar-refractivity contribution in [1.82, 2.24) is 0 Å². The maximum atomic E-state index is 12.7. The van der Waals surface area contributed by atoms with Crippen molar-refractivity contribution in [2.24, 2.45) is 0 Å². The molecule has 0 spiro atoms. The van der Waals surface area contributed by atoms with Crippen LogP contribution in [0, 0.1) is 13.8 Å². The molecule has 2 rings (SSSR count). The Hall–Kier alpha value is -3.14. The van der Waals surface area contributed by atoms with Crippen LogP contribution >= 0.6 is 0 Å². The summed E-state index contributed by atoms with van der Waals surface area (Å²) < 4.78 is 12.0. The summed E-state index contributed by atoms with van der Waals surface area (Å²) in [7, 11) is 0. The van der Waals surface area contributed by atoms with Gasteiger partial charge in [-0.3, -0.25) is 9.59 Å². The number of allylic oxidation sites excluding steroid dienone is 2. The Morgan fingerprint density at radius 2 is 1.16 bits per heavy atom. The number of benzene rings is 2. The van der Waals surface area contributed by atoms with Gasteiger partial charge in [0, 0.05) is 16.5 Å². The van der Waals surface area contributed by atoms with E-state index in [1.165, 1.54) is 12.2 Å². The normalized spacial score (nSPS) is 11.0. The Labute approximate surface area is 185 Å². The zero-order chi connectivity index (χ0) is 23.3. The van der Waals surface area contributed by atoms with E-state index in [9.17, 15) is 9.59 Å². The molecule has 0 saturated carbocycles. The van der Waals surface area contributed by atoms with E-state index in [0.29, 0.717) is 35.8 Å². The molecule has 0 unspecified atom stereocenters. The molecule has 0 aliphatic carbocycles. The van der Waals surface area contributed by atoms with Crippen LogP contribution in [0.15, 0.2) is 49.6 Å². The molecule has 4 heteroatoms. The highest BCUT2D eigenvalue weighted by atomic mass is 16.5. The molecule has 0 aliphatic heterocycles. The van der Waals surface area contributed by atoms with E-state index >= 15 is 0 Å². The molecule has 0 fully saturated rings. The molecule has 2 aromatic carbocycles. The van der Waals surface area contributed by atoms with Crippen LogP contribution < -0.4 is 9.47 Å². The molecular weight excluding hydrogens is 388 g/mol. The number of ether oxygens (including phenoxy) is 2. The third-order valence-corrected chi connectivity index (χ3v) is 5.52. The molecule has 31 heavy (non-hydrogen) atoms. The fourth-order valence-corrected chi connectivity index (χ4v) is 3.90. The van der Waals surface area contributed by atoms with Gasteiger partial charge in [-0.15, -0.1) is 0 Å². The first-order valence-corrected chi connectivity index (χ1v) is 10.5. The molecule has 0 N–H and O–H groups in total. The molecular formula is C27H32O4. The second-order valence-corrected chi connectivity index (χ2v) is 7.90. The standard InChI is InChI=1S/C27H32O4/c1-9-21(28)23-17(5)13-15-19(25(23)30-11-3)27(7,8)20-16-14-18(6)24(22(29)10-2)26(20)31-12-4/h9-10,13-16H,1-2,11-12H2,3-8H3. The van der Waals surface area contributed by atoms with Crippen LogP contribution in [0.2, 0.25) is 0 Å². The Morgan fingerprint density at radius 3 is 1.45 bits per heavy atom. The maximum absolute atomic E-state index is 12.7. The van der Waals surface area contributed by atoms with Crippen molar-refractivity contribution in [3.63, 3.8) is 0 Å². The lowest BCUT2D eigenvalue weighted by Gasteiger charge is -2.32.